The van der Waals surface area contributed by atoms with Gasteiger partial charge in [0, 0.05) is 5.92 Å². The van der Waals surface area contributed by atoms with Crippen molar-refractivity contribution in [2.75, 3.05) is 13.2 Å². The molecule has 0 radical (unpaired) electrons. The lowest BCUT2D eigenvalue weighted by Gasteiger charge is -2.29. The molecule has 1 aliphatic carbocycles. The van der Waals surface area contributed by atoms with Crippen molar-refractivity contribution in [3.8, 4) is 0 Å². The molecule has 1 saturated heterocycles. The molecule has 1 saturated carbocycles. The van der Waals surface area contributed by atoms with Gasteiger partial charge >= 0.3 is 0 Å². The van der Waals surface area contributed by atoms with E-state index in [1.165, 1.54) is 19.3 Å². The summed E-state index contributed by atoms with van der Waals surface area (Å²) in [4.78, 5) is 0. The highest BCUT2D eigenvalue weighted by Gasteiger charge is 2.35. The zero-order chi connectivity index (χ0) is 7.68. The van der Waals surface area contributed by atoms with Gasteiger partial charge in [-0.1, -0.05) is 6.42 Å². The van der Waals surface area contributed by atoms with Gasteiger partial charge in [-0.25, -0.2) is 0 Å². The van der Waals surface area contributed by atoms with E-state index in [-0.39, 0.29) is 19.0 Å². The monoisotopic (exact) mass is 158 g/mol. The Hall–Kier alpha value is -0.120. The molecule has 2 rings (SSSR count). The van der Waals surface area contributed by atoms with Gasteiger partial charge in [0.1, 0.15) is 6.10 Å². The minimum Gasteiger partial charge on any atom is -0.394 e. The van der Waals surface area contributed by atoms with Crippen LogP contribution in [0, 0.1) is 5.92 Å². The van der Waals surface area contributed by atoms with Gasteiger partial charge in [0.05, 0.1) is 13.2 Å². The number of aliphatic hydroxyl groups excluding tert-OH is 1. The van der Waals surface area contributed by atoms with E-state index in [0.29, 0.717) is 12.5 Å². The van der Waals surface area contributed by atoms with Gasteiger partial charge in [0.2, 0.25) is 0 Å². The van der Waals surface area contributed by atoms with E-state index < -0.39 is 0 Å². The molecule has 2 atom stereocenters. The third kappa shape index (κ3) is 1.41. The van der Waals surface area contributed by atoms with Crippen LogP contribution in [0.15, 0.2) is 0 Å². The SMILES string of the molecule is OCC1COC(C2CCC2)O1. The first kappa shape index (κ1) is 7.53. The lowest BCUT2D eigenvalue weighted by Crippen LogP contribution is -2.28. The smallest absolute Gasteiger partial charge is 0.161 e. The molecule has 0 aromatic rings. The third-order valence-electron chi connectivity index (χ3n) is 2.51. The first-order valence-electron chi connectivity index (χ1n) is 4.28. The van der Waals surface area contributed by atoms with Crippen LogP contribution < -0.4 is 0 Å². The van der Waals surface area contributed by atoms with Gasteiger partial charge in [-0.15, -0.1) is 0 Å². The molecule has 0 bridgehead atoms. The van der Waals surface area contributed by atoms with Gasteiger partial charge in [0.25, 0.3) is 0 Å². The summed E-state index contributed by atoms with van der Waals surface area (Å²) in [7, 11) is 0. The minimum absolute atomic E-state index is 0.0131. The standard InChI is InChI=1S/C8H14O3/c9-4-7-5-10-8(11-7)6-2-1-3-6/h6-9H,1-5H2. The summed E-state index contributed by atoms with van der Waals surface area (Å²) in [5.41, 5.74) is 0. The normalized spacial score (nSPS) is 39.0. The molecule has 1 heterocycles. The molecule has 1 N–H and O–H groups in total. The molecule has 3 nitrogen and oxygen atoms in total. The lowest BCUT2D eigenvalue weighted by atomic mass is 9.85. The van der Waals surface area contributed by atoms with Crippen molar-refractivity contribution in [3.63, 3.8) is 0 Å². The fourth-order valence-electron chi connectivity index (χ4n) is 1.53. The second-order valence-electron chi connectivity index (χ2n) is 3.33. The van der Waals surface area contributed by atoms with Crippen molar-refractivity contribution < 1.29 is 14.6 Å². The molecule has 2 unspecified atom stereocenters. The van der Waals surface area contributed by atoms with E-state index in [0.717, 1.165) is 0 Å². The van der Waals surface area contributed by atoms with Gasteiger partial charge < -0.3 is 14.6 Å². The summed E-state index contributed by atoms with van der Waals surface area (Å²) in [6.07, 6.45) is 3.67. The fraction of sp³-hybridized carbons (Fsp3) is 1.00. The van der Waals surface area contributed by atoms with Crippen molar-refractivity contribution in [1.29, 1.82) is 0 Å². The largest absolute Gasteiger partial charge is 0.394 e. The second-order valence-corrected chi connectivity index (χ2v) is 3.33. The Bertz CT molecular complexity index is 133. The van der Waals surface area contributed by atoms with E-state index >= 15 is 0 Å². The van der Waals surface area contributed by atoms with Crippen molar-refractivity contribution >= 4 is 0 Å². The van der Waals surface area contributed by atoms with Crippen molar-refractivity contribution in [1.82, 2.24) is 0 Å². The highest BCUT2D eigenvalue weighted by molar-refractivity contribution is 4.77. The topological polar surface area (TPSA) is 38.7 Å². The van der Waals surface area contributed by atoms with Gasteiger partial charge in [-0.05, 0) is 12.8 Å². The average molecular weight is 158 g/mol. The van der Waals surface area contributed by atoms with Crippen LogP contribution in [-0.2, 0) is 9.47 Å². The first-order valence-corrected chi connectivity index (χ1v) is 4.28. The van der Waals surface area contributed by atoms with Gasteiger partial charge in [-0.2, -0.15) is 0 Å². The van der Waals surface area contributed by atoms with E-state index in [9.17, 15) is 0 Å². The molecular formula is C8H14O3. The zero-order valence-corrected chi connectivity index (χ0v) is 6.53. The Morgan fingerprint density at radius 2 is 2.18 bits per heavy atom. The lowest BCUT2D eigenvalue weighted by molar-refractivity contribution is -0.120. The summed E-state index contributed by atoms with van der Waals surface area (Å²) >= 11 is 0. The maximum atomic E-state index is 8.75. The quantitative estimate of drug-likeness (QED) is 0.636. The molecule has 2 fully saturated rings. The Kier molecular flexibility index (Phi) is 2.11. The first-order chi connectivity index (χ1) is 5.40. The van der Waals surface area contributed by atoms with Crippen LogP contribution in [0.5, 0.6) is 0 Å². The third-order valence-corrected chi connectivity index (χ3v) is 2.51. The molecule has 3 heteroatoms. The predicted molar refractivity (Wildman–Crippen MR) is 39.0 cm³/mol. The fourth-order valence-corrected chi connectivity index (χ4v) is 1.53. The Labute approximate surface area is 66.3 Å². The van der Waals surface area contributed by atoms with Crippen molar-refractivity contribution in [3.05, 3.63) is 0 Å². The maximum Gasteiger partial charge on any atom is 0.161 e. The van der Waals surface area contributed by atoms with Crippen molar-refractivity contribution in [2.24, 2.45) is 5.92 Å². The van der Waals surface area contributed by atoms with E-state index in [1.807, 2.05) is 0 Å². The summed E-state index contributed by atoms with van der Waals surface area (Å²) in [6.45, 7) is 0.654. The molecule has 11 heavy (non-hydrogen) atoms. The molecular weight excluding hydrogens is 144 g/mol. The van der Waals surface area contributed by atoms with Crippen LogP contribution in [0.4, 0.5) is 0 Å². The number of aliphatic hydroxyl groups is 1. The average Bonchev–Trinajstić information content (AvgIpc) is 2.32. The number of hydrogen-bond acceptors (Lipinski definition) is 3. The Morgan fingerprint density at radius 3 is 2.64 bits per heavy atom. The molecule has 0 aromatic heterocycles. The number of hydrogen-bond donors (Lipinski definition) is 1. The van der Waals surface area contributed by atoms with E-state index in [1.54, 1.807) is 0 Å². The van der Waals surface area contributed by atoms with Gasteiger partial charge in [0.15, 0.2) is 6.29 Å². The highest BCUT2D eigenvalue weighted by atomic mass is 16.7. The van der Waals surface area contributed by atoms with Crippen molar-refractivity contribution in [2.45, 2.75) is 31.7 Å². The minimum atomic E-state index is -0.0689. The maximum absolute atomic E-state index is 8.75. The van der Waals surface area contributed by atoms with Crippen LogP contribution in [0.3, 0.4) is 0 Å². The van der Waals surface area contributed by atoms with Crippen LogP contribution >= 0.6 is 0 Å². The summed E-state index contributed by atoms with van der Waals surface area (Å²) in [6, 6.07) is 0. The van der Waals surface area contributed by atoms with Crippen LogP contribution in [0.1, 0.15) is 19.3 Å². The Balaban J connectivity index is 1.79. The summed E-state index contributed by atoms with van der Waals surface area (Å²) < 4.78 is 10.8. The van der Waals surface area contributed by atoms with E-state index in [2.05, 4.69) is 0 Å². The predicted octanol–water partition coefficient (Wildman–Crippen LogP) is 0.520. The Morgan fingerprint density at radius 1 is 1.36 bits per heavy atom. The molecule has 64 valence electrons. The van der Waals surface area contributed by atoms with Gasteiger partial charge in [-0.3, -0.25) is 0 Å². The molecule has 0 spiro atoms. The van der Waals surface area contributed by atoms with Crippen LogP contribution in [0.2, 0.25) is 0 Å². The molecule has 0 amide bonds. The summed E-state index contributed by atoms with van der Waals surface area (Å²) in [5, 5.41) is 8.75. The highest BCUT2D eigenvalue weighted by Crippen LogP contribution is 2.34. The molecule has 0 aromatic carbocycles. The van der Waals surface area contributed by atoms with E-state index in [4.69, 9.17) is 14.6 Å². The zero-order valence-electron chi connectivity index (χ0n) is 6.53. The number of ether oxygens (including phenoxy) is 2. The summed E-state index contributed by atoms with van der Waals surface area (Å²) in [5.74, 6) is 0.603. The molecule has 1 aliphatic heterocycles. The van der Waals surface area contributed by atoms with Crippen LogP contribution in [0.25, 0.3) is 0 Å². The number of rotatable bonds is 2. The second kappa shape index (κ2) is 3.09. The molecule has 2 aliphatic rings. The van der Waals surface area contributed by atoms with Crippen LogP contribution in [-0.4, -0.2) is 30.7 Å².